The first-order valence-electron chi connectivity index (χ1n) is 7.23. The highest BCUT2D eigenvalue weighted by molar-refractivity contribution is 5.99. The predicted molar refractivity (Wildman–Crippen MR) is 82.9 cm³/mol. The standard InChI is InChI=1S/C16H22N2O4/c1-4-18(3)16(22)13-7-5-6-12(10-13)15(21)17-11(2)8-9-14(19)20/h5-7,10-11H,4,8-9H2,1-3H3,(H,17,21)(H,19,20). The van der Waals surface area contributed by atoms with Crippen LogP contribution in [-0.4, -0.2) is 47.4 Å². The van der Waals surface area contributed by atoms with Gasteiger partial charge in [0.05, 0.1) is 0 Å². The Balaban J connectivity index is 2.74. The second-order valence-corrected chi connectivity index (χ2v) is 5.21. The second-order valence-electron chi connectivity index (χ2n) is 5.21. The number of benzene rings is 1. The third-order valence-electron chi connectivity index (χ3n) is 3.36. The van der Waals surface area contributed by atoms with E-state index in [1.807, 2.05) is 6.92 Å². The Bertz CT molecular complexity index is 557. The van der Waals surface area contributed by atoms with Crippen molar-refractivity contribution in [1.29, 1.82) is 0 Å². The Labute approximate surface area is 130 Å². The van der Waals surface area contributed by atoms with Gasteiger partial charge in [0.25, 0.3) is 11.8 Å². The van der Waals surface area contributed by atoms with E-state index in [4.69, 9.17) is 5.11 Å². The van der Waals surface area contributed by atoms with Gasteiger partial charge < -0.3 is 15.3 Å². The van der Waals surface area contributed by atoms with E-state index in [0.29, 0.717) is 24.1 Å². The van der Waals surface area contributed by atoms with E-state index in [-0.39, 0.29) is 24.3 Å². The normalized spacial score (nSPS) is 11.6. The summed E-state index contributed by atoms with van der Waals surface area (Å²) in [5.74, 6) is -1.35. The first-order chi connectivity index (χ1) is 10.3. The largest absolute Gasteiger partial charge is 0.481 e. The lowest BCUT2D eigenvalue weighted by Crippen LogP contribution is -2.33. The van der Waals surface area contributed by atoms with E-state index >= 15 is 0 Å². The number of carbonyl (C=O) groups is 3. The summed E-state index contributed by atoms with van der Waals surface area (Å²) in [6, 6.07) is 6.25. The molecule has 0 aromatic heterocycles. The van der Waals surface area contributed by atoms with Crippen LogP contribution in [0.15, 0.2) is 24.3 Å². The minimum atomic E-state index is -0.892. The van der Waals surface area contributed by atoms with Gasteiger partial charge in [-0.05, 0) is 38.5 Å². The van der Waals surface area contributed by atoms with Crippen LogP contribution in [0, 0.1) is 0 Å². The van der Waals surface area contributed by atoms with E-state index < -0.39 is 5.97 Å². The average Bonchev–Trinajstić information content (AvgIpc) is 2.51. The van der Waals surface area contributed by atoms with Crippen molar-refractivity contribution in [1.82, 2.24) is 10.2 Å². The Morgan fingerprint density at radius 3 is 2.50 bits per heavy atom. The number of carboxylic acids is 1. The molecule has 0 spiro atoms. The summed E-state index contributed by atoms with van der Waals surface area (Å²) in [7, 11) is 1.70. The van der Waals surface area contributed by atoms with Crippen molar-refractivity contribution in [3.63, 3.8) is 0 Å². The van der Waals surface area contributed by atoms with Crippen LogP contribution < -0.4 is 5.32 Å². The molecule has 0 aliphatic rings. The van der Waals surface area contributed by atoms with Gasteiger partial charge in [-0.25, -0.2) is 0 Å². The van der Waals surface area contributed by atoms with Crippen molar-refractivity contribution in [2.75, 3.05) is 13.6 Å². The SMILES string of the molecule is CCN(C)C(=O)c1cccc(C(=O)NC(C)CCC(=O)O)c1. The van der Waals surface area contributed by atoms with Gasteiger partial charge in [0.2, 0.25) is 0 Å². The molecule has 1 atom stereocenters. The maximum Gasteiger partial charge on any atom is 0.303 e. The van der Waals surface area contributed by atoms with Gasteiger partial charge in [0, 0.05) is 37.2 Å². The van der Waals surface area contributed by atoms with Crippen LogP contribution in [0.5, 0.6) is 0 Å². The van der Waals surface area contributed by atoms with Crippen molar-refractivity contribution < 1.29 is 19.5 Å². The third kappa shape index (κ3) is 5.20. The minimum absolute atomic E-state index is 0.00126. The summed E-state index contributed by atoms with van der Waals surface area (Å²) < 4.78 is 0. The molecule has 0 heterocycles. The molecule has 2 N–H and O–H groups in total. The summed E-state index contributed by atoms with van der Waals surface area (Å²) in [5.41, 5.74) is 0.840. The molecule has 22 heavy (non-hydrogen) atoms. The minimum Gasteiger partial charge on any atom is -0.481 e. The summed E-state index contributed by atoms with van der Waals surface area (Å²) in [6.45, 7) is 4.21. The van der Waals surface area contributed by atoms with Crippen LogP contribution in [0.3, 0.4) is 0 Å². The third-order valence-corrected chi connectivity index (χ3v) is 3.36. The number of aliphatic carboxylic acids is 1. The lowest BCUT2D eigenvalue weighted by atomic mass is 10.1. The second kappa shape index (κ2) is 8.17. The molecule has 0 aliphatic heterocycles. The van der Waals surface area contributed by atoms with Crippen molar-refractivity contribution >= 4 is 17.8 Å². The zero-order chi connectivity index (χ0) is 16.7. The first kappa shape index (κ1) is 17.7. The molecule has 120 valence electrons. The number of hydrogen-bond acceptors (Lipinski definition) is 3. The zero-order valence-electron chi connectivity index (χ0n) is 13.1. The Morgan fingerprint density at radius 2 is 1.91 bits per heavy atom. The maximum atomic E-state index is 12.1. The average molecular weight is 306 g/mol. The van der Waals surface area contributed by atoms with Gasteiger partial charge in [0.15, 0.2) is 0 Å². The van der Waals surface area contributed by atoms with Gasteiger partial charge >= 0.3 is 5.97 Å². The molecule has 1 aromatic rings. The smallest absolute Gasteiger partial charge is 0.303 e. The van der Waals surface area contributed by atoms with E-state index in [1.165, 1.54) is 0 Å². The van der Waals surface area contributed by atoms with Crippen LogP contribution in [0.1, 0.15) is 47.4 Å². The van der Waals surface area contributed by atoms with E-state index in [2.05, 4.69) is 5.32 Å². The molecule has 0 fully saturated rings. The van der Waals surface area contributed by atoms with Crippen LogP contribution in [0.25, 0.3) is 0 Å². The molecule has 0 saturated carbocycles. The lowest BCUT2D eigenvalue weighted by molar-refractivity contribution is -0.137. The molecule has 2 amide bonds. The van der Waals surface area contributed by atoms with Crippen LogP contribution in [0.2, 0.25) is 0 Å². The molecular weight excluding hydrogens is 284 g/mol. The molecule has 6 heteroatoms. The van der Waals surface area contributed by atoms with Gasteiger partial charge in [-0.2, -0.15) is 0 Å². The van der Waals surface area contributed by atoms with Crippen molar-refractivity contribution in [3.8, 4) is 0 Å². The van der Waals surface area contributed by atoms with Crippen LogP contribution in [0.4, 0.5) is 0 Å². The molecular formula is C16H22N2O4. The summed E-state index contributed by atoms with van der Waals surface area (Å²) in [6.07, 6.45) is 0.361. The Hall–Kier alpha value is -2.37. The predicted octanol–water partition coefficient (Wildman–Crippen LogP) is 1.76. The fourth-order valence-electron chi connectivity index (χ4n) is 1.88. The first-order valence-corrected chi connectivity index (χ1v) is 7.23. The molecule has 1 aromatic carbocycles. The van der Waals surface area contributed by atoms with Gasteiger partial charge in [-0.3, -0.25) is 14.4 Å². The van der Waals surface area contributed by atoms with E-state index in [9.17, 15) is 14.4 Å². The number of carboxylic acid groups (broad SMARTS) is 1. The van der Waals surface area contributed by atoms with Crippen molar-refractivity contribution in [2.24, 2.45) is 0 Å². The number of hydrogen-bond donors (Lipinski definition) is 2. The van der Waals surface area contributed by atoms with Crippen molar-refractivity contribution in [3.05, 3.63) is 35.4 Å². The molecule has 6 nitrogen and oxygen atoms in total. The van der Waals surface area contributed by atoms with Gasteiger partial charge in [-0.15, -0.1) is 0 Å². The van der Waals surface area contributed by atoms with E-state index in [1.54, 1.807) is 43.1 Å². The van der Waals surface area contributed by atoms with Gasteiger partial charge in [0.1, 0.15) is 0 Å². The van der Waals surface area contributed by atoms with Crippen molar-refractivity contribution in [2.45, 2.75) is 32.7 Å². The quantitative estimate of drug-likeness (QED) is 0.803. The fraction of sp³-hybridized carbons (Fsp3) is 0.438. The number of nitrogens with zero attached hydrogens (tertiary/aromatic N) is 1. The molecule has 1 rings (SSSR count). The molecule has 1 unspecified atom stereocenters. The molecule has 0 aliphatic carbocycles. The highest BCUT2D eigenvalue weighted by Gasteiger charge is 2.14. The fourth-order valence-corrected chi connectivity index (χ4v) is 1.88. The molecule has 0 saturated heterocycles. The Kier molecular flexibility index (Phi) is 6.56. The number of nitrogens with one attached hydrogen (secondary N) is 1. The number of rotatable bonds is 7. The summed E-state index contributed by atoms with van der Waals surface area (Å²) in [4.78, 5) is 36.3. The monoisotopic (exact) mass is 306 g/mol. The maximum absolute atomic E-state index is 12.1. The van der Waals surface area contributed by atoms with Crippen LogP contribution in [-0.2, 0) is 4.79 Å². The highest BCUT2D eigenvalue weighted by atomic mass is 16.4. The number of carbonyl (C=O) groups excluding carboxylic acids is 2. The molecule has 0 radical (unpaired) electrons. The topological polar surface area (TPSA) is 86.7 Å². The summed E-state index contributed by atoms with van der Waals surface area (Å²) >= 11 is 0. The zero-order valence-corrected chi connectivity index (χ0v) is 13.1. The Morgan fingerprint density at radius 1 is 1.27 bits per heavy atom. The van der Waals surface area contributed by atoms with Gasteiger partial charge in [-0.1, -0.05) is 6.07 Å². The summed E-state index contributed by atoms with van der Waals surface area (Å²) in [5, 5.41) is 11.4. The number of amides is 2. The molecule has 0 bridgehead atoms. The highest BCUT2D eigenvalue weighted by Crippen LogP contribution is 2.09. The lowest BCUT2D eigenvalue weighted by Gasteiger charge is -2.16. The van der Waals surface area contributed by atoms with Crippen LogP contribution >= 0.6 is 0 Å². The van der Waals surface area contributed by atoms with E-state index in [0.717, 1.165) is 0 Å².